The molecule has 0 radical (unpaired) electrons. The van der Waals surface area contributed by atoms with E-state index in [-0.39, 0.29) is 11.9 Å². The highest BCUT2D eigenvalue weighted by Gasteiger charge is 2.12. The molecule has 0 saturated heterocycles. The van der Waals surface area contributed by atoms with E-state index in [1.54, 1.807) is 7.05 Å². The number of ether oxygens (including phenoxy) is 1. The highest BCUT2D eigenvalue weighted by Crippen LogP contribution is 2.22. The molecule has 0 heterocycles. The van der Waals surface area contributed by atoms with Crippen LogP contribution in [0.5, 0.6) is 0 Å². The molecule has 1 amide bonds. The molecule has 37 heavy (non-hydrogen) atoms. The maximum absolute atomic E-state index is 12.2. The van der Waals surface area contributed by atoms with E-state index in [1.807, 2.05) is 0 Å². The summed E-state index contributed by atoms with van der Waals surface area (Å²) in [4.78, 5) is 28.8. The molecule has 0 saturated carbocycles. The number of rotatable bonds is 28. The quantitative estimate of drug-likeness (QED) is 0.0579. The molecular weight excluding hydrogens is 462 g/mol. The van der Waals surface area contributed by atoms with Gasteiger partial charge in [-0.05, 0) is 25.2 Å². The molecule has 5 nitrogen and oxygen atoms in total. The van der Waals surface area contributed by atoms with Gasteiger partial charge in [0.05, 0.1) is 13.7 Å². The maximum atomic E-state index is 12.2. The van der Waals surface area contributed by atoms with Crippen molar-refractivity contribution in [2.45, 2.75) is 168 Å². The molecule has 0 aliphatic heterocycles. The highest BCUT2D eigenvalue weighted by molar-refractivity contribution is 5.74. The zero-order valence-electron chi connectivity index (χ0n) is 25.3. The summed E-state index contributed by atoms with van der Waals surface area (Å²) in [5, 5.41) is 1.26. The average Bonchev–Trinajstić information content (AvgIpc) is 2.90. The molecule has 220 valence electrons. The summed E-state index contributed by atoms with van der Waals surface area (Å²) in [6.45, 7) is 5.12. The van der Waals surface area contributed by atoms with Gasteiger partial charge in [0.15, 0.2) is 0 Å². The van der Waals surface area contributed by atoms with E-state index in [0.717, 1.165) is 25.7 Å². The van der Waals surface area contributed by atoms with Gasteiger partial charge in [-0.2, -0.15) is 0 Å². The van der Waals surface area contributed by atoms with Crippen LogP contribution in [0.4, 0.5) is 0 Å². The number of nitrogens with zero attached hydrogens (tertiary/aromatic N) is 1. The Balaban J connectivity index is 4.07. The third kappa shape index (κ3) is 25.0. The fourth-order valence-corrected chi connectivity index (χ4v) is 4.96. The van der Waals surface area contributed by atoms with Gasteiger partial charge in [0, 0.05) is 19.9 Å². The molecule has 0 unspecified atom stereocenters. The van der Waals surface area contributed by atoms with Crippen LogP contribution in [0.2, 0.25) is 0 Å². The minimum Gasteiger partial charge on any atom is -0.466 e. The van der Waals surface area contributed by atoms with Crippen molar-refractivity contribution in [3.05, 3.63) is 0 Å². The lowest BCUT2D eigenvalue weighted by atomic mass is 9.91. The van der Waals surface area contributed by atoms with E-state index in [0.29, 0.717) is 25.4 Å². The van der Waals surface area contributed by atoms with E-state index in [1.165, 1.54) is 128 Å². The Morgan fingerprint density at radius 2 is 1.03 bits per heavy atom. The van der Waals surface area contributed by atoms with Crippen LogP contribution < -0.4 is 0 Å². The number of carbonyl (C=O) groups excluding carboxylic acids is 2. The van der Waals surface area contributed by atoms with Crippen molar-refractivity contribution in [1.29, 1.82) is 0 Å². The minimum atomic E-state index is -0.0850. The standard InChI is InChI=1S/C32H63NO4/c1-5-7-9-11-13-15-17-20-24-30(25-21-18-16-14-12-10-8-6-2)28-29-37-32(35)27-23-19-22-26-31(34)33(3)36-4/h30H,5-29H2,1-4H3. The first kappa shape index (κ1) is 35.9. The van der Waals surface area contributed by atoms with E-state index >= 15 is 0 Å². The van der Waals surface area contributed by atoms with Crippen molar-refractivity contribution in [3.8, 4) is 0 Å². The van der Waals surface area contributed by atoms with Crippen LogP contribution in [0.15, 0.2) is 0 Å². The Morgan fingerprint density at radius 3 is 1.51 bits per heavy atom. The van der Waals surface area contributed by atoms with Gasteiger partial charge in [-0.1, -0.05) is 136 Å². The van der Waals surface area contributed by atoms with Gasteiger partial charge in [0.2, 0.25) is 5.91 Å². The van der Waals surface area contributed by atoms with E-state index in [2.05, 4.69) is 13.8 Å². The first-order chi connectivity index (χ1) is 18.0. The molecule has 0 bridgehead atoms. The van der Waals surface area contributed by atoms with Crippen LogP contribution in [-0.4, -0.2) is 37.7 Å². The first-order valence-corrected chi connectivity index (χ1v) is 16.0. The Hall–Kier alpha value is -1.10. The SMILES string of the molecule is CCCCCCCCCCC(CCCCCCCCCC)CCOC(=O)CCCCCC(=O)N(C)OC. The van der Waals surface area contributed by atoms with Crippen LogP contribution in [0.3, 0.4) is 0 Å². The average molecular weight is 526 g/mol. The van der Waals surface area contributed by atoms with E-state index < -0.39 is 0 Å². The third-order valence-electron chi connectivity index (χ3n) is 7.62. The zero-order chi connectivity index (χ0) is 27.4. The normalized spacial score (nSPS) is 11.3. The Labute approximate surface area is 230 Å². The molecule has 0 N–H and O–H groups in total. The van der Waals surface area contributed by atoms with Gasteiger partial charge in [-0.3, -0.25) is 14.4 Å². The molecule has 0 spiro atoms. The van der Waals surface area contributed by atoms with Crippen molar-refractivity contribution in [3.63, 3.8) is 0 Å². The summed E-state index contributed by atoms with van der Waals surface area (Å²) in [6, 6.07) is 0. The lowest BCUT2D eigenvalue weighted by Crippen LogP contribution is -2.24. The minimum absolute atomic E-state index is 0.0240. The monoisotopic (exact) mass is 525 g/mol. The van der Waals surface area contributed by atoms with Crippen LogP contribution in [0, 0.1) is 5.92 Å². The summed E-state index contributed by atoms with van der Waals surface area (Å²) >= 11 is 0. The lowest BCUT2D eigenvalue weighted by Gasteiger charge is -2.17. The molecule has 0 rings (SSSR count). The summed E-state index contributed by atoms with van der Waals surface area (Å²) in [6.07, 6.45) is 28.7. The second kappa shape index (κ2) is 27.9. The van der Waals surface area contributed by atoms with Gasteiger partial charge in [0.1, 0.15) is 0 Å². The second-order valence-electron chi connectivity index (χ2n) is 11.0. The third-order valence-corrected chi connectivity index (χ3v) is 7.62. The van der Waals surface area contributed by atoms with Crippen molar-refractivity contribution < 1.29 is 19.2 Å². The number of hydrogen-bond acceptors (Lipinski definition) is 4. The van der Waals surface area contributed by atoms with Crippen LogP contribution >= 0.6 is 0 Å². The number of hydroxylamine groups is 2. The molecule has 0 aromatic carbocycles. The molecule has 0 atom stereocenters. The van der Waals surface area contributed by atoms with Crippen LogP contribution in [0.25, 0.3) is 0 Å². The van der Waals surface area contributed by atoms with E-state index in [4.69, 9.17) is 9.57 Å². The number of carbonyl (C=O) groups is 2. The maximum Gasteiger partial charge on any atom is 0.305 e. The smallest absolute Gasteiger partial charge is 0.305 e. The molecule has 0 fully saturated rings. The van der Waals surface area contributed by atoms with Crippen LogP contribution in [-0.2, 0) is 19.2 Å². The molecular formula is C32H63NO4. The number of amides is 1. The highest BCUT2D eigenvalue weighted by atomic mass is 16.7. The summed E-state index contributed by atoms with van der Waals surface area (Å²) in [7, 11) is 3.11. The van der Waals surface area contributed by atoms with Crippen molar-refractivity contribution >= 4 is 11.9 Å². The first-order valence-electron chi connectivity index (χ1n) is 16.0. The van der Waals surface area contributed by atoms with E-state index in [9.17, 15) is 9.59 Å². The predicted octanol–water partition coefficient (Wildman–Crippen LogP) is 9.57. The molecule has 0 aliphatic carbocycles. The van der Waals surface area contributed by atoms with Crippen molar-refractivity contribution in [2.24, 2.45) is 5.92 Å². The second-order valence-corrected chi connectivity index (χ2v) is 11.0. The lowest BCUT2D eigenvalue weighted by molar-refractivity contribution is -0.168. The number of unbranched alkanes of at least 4 members (excludes halogenated alkanes) is 16. The topological polar surface area (TPSA) is 55.8 Å². The fraction of sp³-hybridized carbons (Fsp3) is 0.938. The van der Waals surface area contributed by atoms with Crippen LogP contribution in [0.1, 0.15) is 168 Å². The fourth-order valence-electron chi connectivity index (χ4n) is 4.96. The van der Waals surface area contributed by atoms with Gasteiger partial charge in [-0.15, -0.1) is 0 Å². The molecule has 0 aliphatic rings. The Bertz CT molecular complexity index is 491. The molecule has 5 heteroatoms. The van der Waals surface area contributed by atoms with Crippen molar-refractivity contribution in [2.75, 3.05) is 20.8 Å². The van der Waals surface area contributed by atoms with Crippen molar-refractivity contribution in [1.82, 2.24) is 5.06 Å². The Morgan fingerprint density at radius 1 is 0.595 bits per heavy atom. The molecule has 0 aromatic heterocycles. The van der Waals surface area contributed by atoms with Gasteiger partial charge in [-0.25, -0.2) is 5.06 Å². The summed E-state index contributed by atoms with van der Waals surface area (Å²) in [5.74, 6) is 0.583. The summed E-state index contributed by atoms with van der Waals surface area (Å²) in [5.41, 5.74) is 0. The number of esters is 1. The zero-order valence-corrected chi connectivity index (χ0v) is 25.3. The predicted molar refractivity (Wildman–Crippen MR) is 156 cm³/mol. The van der Waals surface area contributed by atoms with Gasteiger partial charge in [0.25, 0.3) is 0 Å². The molecule has 0 aromatic rings. The number of hydrogen-bond donors (Lipinski definition) is 0. The van der Waals surface area contributed by atoms with Gasteiger partial charge >= 0.3 is 5.97 Å². The largest absolute Gasteiger partial charge is 0.466 e. The Kier molecular flexibility index (Phi) is 27.1. The summed E-state index contributed by atoms with van der Waals surface area (Å²) < 4.78 is 5.59. The van der Waals surface area contributed by atoms with Gasteiger partial charge < -0.3 is 4.74 Å².